The number of nitrogens with zero attached hydrogens (tertiary/aromatic N) is 3. The zero-order chi connectivity index (χ0) is 10.4. The molecule has 0 spiro atoms. The number of nitrogens with one attached hydrogen (secondary N) is 1. The van der Waals surface area contributed by atoms with Crippen molar-refractivity contribution >= 4 is 28.2 Å². The highest BCUT2D eigenvalue weighted by Gasteiger charge is 2.06. The molecule has 1 rings (SSSR count). The van der Waals surface area contributed by atoms with Gasteiger partial charge in [-0.25, -0.2) is 0 Å². The Morgan fingerprint density at radius 2 is 2.43 bits per heavy atom. The van der Waals surface area contributed by atoms with Gasteiger partial charge in [0, 0.05) is 12.3 Å². The molecule has 0 aromatic carbocycles. The van der Waals surface area contributed by atoms with Gasteiger partial charge in [0.15, 0.2) is 4.34 Å². The van der Waals surface area contributed by atoms with Crippen molar-refractivity contribution in [3.05, 3.63) is 0 Å². The maximum atomic E-state index is 8.59. The minimum Gasteiger partial charge on any atom is -0.360 e. The fourth-order valence-electron chi connectivity index (χ4n) is 0.724. The van der Waals surface area contributed by atoms with Crippen molar-refractivity contribution < 1.29 is 0 Å². The Hall–Kier alpha value is -0.800. The first-order valence-electron chi connectivity index (χ1n) is 4.36. The van der Waals surface area contributed by atoms with Crippen LogP contribution in [0, 0.1) is 17.2 Å². The zero-order valence-corrected chi connectivity index (χ0v) is 9.78. The van der Waals surface area contributed by atoms with E-state index in [1.54, 1.807) is 11.8 Å². The summed E-state index contributed by atoms with van der Waals surface area (Å²) in [6.45, 7) is 4.78. The normalized spacial score (nSPS) is 12.1. The Morgan fingerprint density at radius 1 is 1.64 bits per heavy atom. The van der Waals surface area contributed by atoms with Crippen LogP contribution < -0.4 is 5.32 Å². The lowest BCUT2D eigenvalue weighted by Gasteiger charge is -1.96. The van der Waals surface area contributed by atoms with E-state index in [-0.39, 0.29) is 5.92 Å². The van der Waals surface area contributed by atoms with Crippen molar-refractivity contribution in [1.29, 1.82) is 5.26 Å². The molecule has 0 radical (unpaired) electrons. The number of anilines is 1. The standard InChI is InChI=1S/C8H12N4S2/c1-3-10-7-11-12-8(14-7)13-5-6(2)4-9/h6H,3,5H2,1-2H3,(H,10,11)/t6-/m0/s1. The van der Waals surface area contributed by atoms with Crippen molar-refractivity contribution in [2.24, 2.45) is 5.92 Å². The molecule has 0 bridgehead atoms. The second kappa shape index (κ2) is 5.83. The first kappa shape index (κ1) is 11.3. The predicted octanol–water partition coefficient (Wildman–Crippen LogP) is 2.22. The Kier molecular flexibility index (Phi) is 4.70. The fourth-order valence-corrected chi connectivity index (χ4v) is 2.51. The number of hydrogen-bond acceptors (Lipinski definition) is 6. The Bertz CT molecular complexity index is 317. The zero-order valence-electron chi connectivity index (χ0n) is 8.15. The molecule has 0 aliphatic heterocycles. The van der Waals surface area contributed by atoms with Gasteiger partial charge in [-0.3, -0.25) is 0 Å². The minimum atomic E-state index is 0.0616. The molecule has 1 aromatic heterocycles. The van der Waals surface area contributed by atoms with Crippen molar-refractivity contribution in [3.63, 3.8) is 0 Å². The SMILES string of the molecule is CCNc1nnc(SC[C@@H](C)C#N)s1. The molecule has 4 nitrogen and oxygen atoms in total. The van der Waals surface area contributed by atoms with E-state index in [9.17, 15) is 0 Å². The van der Waals surface area contributed by atoms with Gasteiger partial charge in [0.25, 0.3) is 0 Å². The molecule has 1 heterocycles. The third-order valence-electron chi connectivity index (χ3n) is 1.41. The molecule has 0 unspecified atom stereocenters. The molecule has 0 aliphatic carbocycles. The molecule has 0 saturated heterocycles. The molecule has 0 saturated carbocycles. The van der Waals surface area contributed by atoms with E-state index < -0.39 is 0 Å². The van der Waals surface area contributed by atoms with E-state index in [0.717, 1.165) is 21.8 Å². The minimum absolute atomic E-state index is 0.0616. The van der Waals surface area contributed by atoms with Crippen LogP contribution in [0.4, 0.5) is 5.13 Å². The van der Waals surface area contributed by atoms with Crippen LogP contribution in [0.3, 0.4) is 0 Å². The van der Waals surface area contributed by atoms with E-state index in [1.165, 1.54) is 11.3 Å². The van der Waals surface area contributed by atoms with E-state index in [1.807, 2.05) is 13.8 Å². The van der Waals surface area contributed by atoms with Gasteiger partial charge in [-0.15, -0.1) is 10.2 Å². The summed E-state index contributed by atoms with van der Waals surface area (Å²) in [5.41, 5.74) is 0. The predicted molar refractivity (Wildman–Crippen MR) is 59.6 cm³/mol. The number of nitriles is 1. The average molecular weight is 228 g/mol. The smallest absolute Gasteiger partial charge is 0.206 e. The average Bonchev–Trinajstić information content (AvgIpc) is 2.63. The largest absolute Gasteiger partial charge is 0.360 e. The van der Waals surface area contributed by atoms with Gasteiger partial charge in [0.2, 0.25) is 5.13 Å². The van der Waals surface area contributed by atoms with Gasteiger partial charge in [0.1, 0.15) is 0 Å². The lowest BCUT2D eigenvalue weighted by Crippen LogP contribution is -1.94. The van der Waals surface area contributed by atoms with Crippen LogP contribution in [-0.4, -0.2) is 22.5 Å². The van der Waals surface area contributed by atoms with Crippen molar-refractivity contribution in [3.8, 4) is 6.07 Å². The number of rotatable bonds is 5. The quantitative estimate of drug-likeness (QED) is 0.783. The van der Waals surface area contributed by atoms with Gasteiger partial charge in [0.05, 0.1) is 12.0 Å². The third kappa shape index (κ3) is 3.52. The van der Waals surface area contributed by atoms with Crippen molar-refractivity contribution in [2.45, 2.75) is 18.2 Å². The highest BCUT2D eigenvalue weighted by atomic mass is 32.2. The number of hydrogen-bond donors (Lipinski definition) is 1. The van der Waals surface area contributed by atoms with E-state index in [0.29, 0.717) is 0 Å². The number of thioether (sulfide) groups is 1. The van der Waals surface area contributed by atoms with E-state index >= 15 is 0 Å². The lowest BCUT2D eigenvalue weighted by atomic mass is 10.3. The summed E-state index contributed by atoms with van der Waals surface area (Å²) < 4.78 is 0.919. The highest BCUT2D eigenvalue weighted by Crippen LogP contribution is 2.26. The second-order valence-electron chi connectivity index (χ2n) is 2.74. The molecule has 6 heteroatoms. The topological polar surface area (TPSA) is 61.6 Å². The van der Waals surface area contributed by atoms with Crippen molar-refractivity contribution in [1.82, 2.24) is 10.2 Å². The lowest BCUT2D eigenvalue weighted by molar-refractivity contribution is 0.862. The van der Waals surface area contributed by atoms with Gasteiger partial charge in [-0.1, -0.05) is 23.1 Å². The second-order valence-corrected chi connectivity index (χ2v) is 4.99. The molecular formula is C8H12N4S2. The van der Waals surface area contributed by atoms with Crippen LogP contribution >= 0.6 is 23.1 Å². The molecule has 14 heavy (non-hydrogen) atoms. The maximum Gasteiger partial charge on any atom is 0.206 e. The van der Waals surface area contributed by atoms with E-state index in [4.69, 9.17) is 5.26 Å². The van der Waals surface area contributed by atoms with Crippen LogP contribution in [-0.2, 0) is 0 Å². The summed E-state index contributed by atoms with van der Waals surface area (Å²) in [6.07, 6.45) is 0. The Morgan fingerprint density at radius 3 is 3.07 bits per heavy atom. The van der Waals surface area contributed by atoms with Crippen LogP contribution in [0.5, 0.6) is 0 Å². The molecule has 0 aliphatic rings. The van der Waals surface area contributed by atoms with E-state index in [2.05, 4.69) is 21.6 Å². The molecule has 0 fully saturated rings. The van der Waals surface area contributed by atoms with Gasteiger partial charge >= 0.3 is 0 Å². The Balaban J connectivity index is 2.40. The first-order valence-corrected chi connectivity index (χ1v) is 6.16. The molecule has 76 valence electrons. The summed E-state index contributed by atoms with van der Waals surface area (Å²) in [7, 11) is 0. The molecule has 1 N–H and O–H groups in total. The summed E-state index contributed by atoms with van der Waals surface area (Å²) in [5, 5.41) is 20.5. The maximum absolute atomic E-state index is 8.59. The summed E-state index contributed by atoms with van der Waals surface area (Å²) in [6, 6.07) is 2.19. The first-order chi connectivity index (χ1) is 6.76. The summed E-state index contributed by atoms with van der Waals surface area (Å²) in [5.74, 6) is 0.837. The van der Waals surface area contributed by atoms with Gasteiger partial charge in [-0.05, 0) is 13.8 Å². The van der Waals surface area contributed by atoms with Gasteiger partial charge < -0.3 is 5.32 Å². The van der Waals surface area contributed by atoms with Crippen LogP contribution in [0.15, 0.2) is 4.34 Å². The van der Waals surface area contributed by atoms with Crippen LogP contribution in [0.2, 0.25) is 0 Å². The van der Waals surface area contributed by atoms with Gasteiger partial charge in [-0.2, -0.15) is 5.26 Å². The van der Waals surface area contributed by atoms with Crippen LogP contribution in [0.1, 0.15) is 13.8 Å². The van der Waals surface area contributed by atoms with Crippen molar-refractivity contribution in [2.75, 3.05) is 17.6 Å². The molecule has 1 aromatic rings. The monoisotopic (exact) mass is 228 g/mol. The molecule has 1 atom stereocenters. The fraction of sp³-hybridized carbons (Fsp3) is 0.625. The summed E-state index contributed by atoms with van der Waals surface area (Å²) >= 11 is 3.11. The highest BCUT2D eigenvalue weighted by molar-refractivity contribution is 8.01. The third-order valence-corrected chi connectivity index (χ3v) is 3.69. The summed E-state index contributed by atoms with van der Waals surface area (Å²) in [4.78, 5) is 0. The molecular weight excluding hydrogens is 216 g/mol. The molecule has 0 amide bonds. The van der Waals surface area contributed by atoms with Crippen LogP contribution in [0.25, 0.3) is 0 Å². The number of aromatic nitrogens is 2. The Labute approximate surface area is 91.7 Å².